The van der Waals surface area contributed by atoms with Gasteiger partial charge in [0.2, 0.25) is 5.91 Å². The van der Waals surface area contributed by atoms with Gasteiger partial charge in [0.05, 0.1) is 6.67 Å². The Kier molecular flexibility index (Phi) is 6.85. The number of hydrogen-bond acceptors (Lipinski definition) is 6. The molecule has 9 heteroatoms. The highest BCUT2D eigenvalue weighted by atomic mass is 32.1. The summed E-state index contributed by atoms with van der Waals surface area (Å²) in [7, 11) is 1.91. The number of amides is 1. The number of fused-ring (bicyclic) bond motifs is 1. The molecule has 8 nitrogen and oxygen atoms in total. The van der Waals surface area contributed by atoms with Crippen LogP contribution in [0.15, 0.2) is 24.3 Å². The second-order valence-electron chi connectivity index (χ2n) is 9.14. The van der Waals surface area contributed by atoms with E-state index in [4.69, 9.17) is 26.8 Å². The minimum Gasteiger partial charge on any atom is -0.485 e. The molecule has 1 amide bonds. The van der Waals surface area contributed by atoms with Crippen LogP contribution in [0.2, 0.25) is 0 Å². The molecule has 0 saturated carbocycles. The van der Waals surface area contributed by atoms with E-state index >= 15 is 0 Å². The topological polar surface area (TPSA) is 73.6 Å². The third-order valence-corrected chi connectivity index (χ3v) is 7.02. The summed E-state index contributed by atoms with van der Waals surface area (Å²) >= 11 is 5.64. The van der Waals surface area contributed by atoms with Gasteiger partial charge in [0, 0.05) is 32.1 Å². The number of carbonyl (C=O) groups is 1. The number of aromatic nitrogens is 3. The molecule has 1 aromatic heterocycles. The fourth-order valence-corrected chi connectivity index (χ4v) is 4.25. The molecule has 4 rings (SSSR count). The van der Waals surface area contributed by atoms with Crippen LogP contribution >= 0.6 is 12.2 Å². The quantitative estimate of drug-likeness (QED) is 0.669. The molecule has 3 heterocycles. The maximum absolute atomic E-state index is 12.5. The van der Waals surface area contributed by atoms with Crippen molar-refractivity contribution < 1.29 is 14.3 Å². The van der Waals surface area contributed by atoms with E-state index in [2.05, 4.69) is 31.0 Å². The van der Waals surface area contributed by atoms with Gasteiger partial charge in [-0.1, -0.05) is 26.0 Å². The van der Waals surface area contributed by atoms with Gasteiger partial charge in [-0.15, -0.1) is 0 Å². The Morgan fingerprint density at radius 3 is 2.59 bits per heavy atom. The highest BCUT2D eigenvalue weighted by Gasteiger charge is 2.29. The second-order valence-corrected chi connectivity index (χ2v) is 9.50. The minimum atomic E-state index is -0.310. The number of nitrogens with one attached hydrogen (secondary N) is 1. The van der Waals surface area contributed by atoms with Crippen molar-refractivity contribution in [3.63, 3.8) is 0 Å². The van der Waals surface area contributed by atoms with E-state index in [1.807, 2.05) is 40.6 Å². The van der Waals surface area contributed by atoms with E-state index in [1.165, 1.54) is 0 Å². The molecule has 1 saturated heterocycles. The van der Waals surface area contributed by atoms with E-state index in [0.29, 0.717) is 24.0 Å². The van der Waals surface area contributed by atoms with Crippen molar-refractivity contribution in [1.82, 2.24) is 24.6 Å². The summed E-state index contributed by atoms with van der Waals surface area (Å²) in [5.41, 5.74) is 0. The van der Waals surface area contributed by atoms with Crippen molar-refractivity contribution in [1.29, 1.82) is 0 Å². The monoisotopic (exact) mass is 459 g/mol. The molecule has 174 valence electrons. The van der Waals surface area contributed by atoms with Crippen LogP contribution in [0.4, 0.5) is 0 Å². The first-order valence-electron chi connectivity index (χ1n) is 11.4. The van der Waals surface area contributed by atoms with Gasteiger partial charge in [-0.3, -0.25) is 9.69 Å². The number of hydrogen-bond donors (Lipinski definition) is 1. The Hall–Kier alpha value is -2.39. The largest absolute Gasteiger partial charge is 0.485 e. The van der Waals surface area contributed by atoms with Crippen molar-refractivity contribution in [3.05, 3.63) is 34.9 Å². The SMILES string of the molecule is CC(C)C(C)NC(=O)C1CCN(Cn2nc(C3COc4ccccc4O3)n(C)c2=S)CC1. The molecule has 2 aliphatic heterocycles. The summed E-state index contributed by atoms with van der Waals surface area (Å²) < 4.78 is 16.4. The number of benzene rings is 1. The molecule has 2 unspecified atom stereocenters. The number of likely N-dealkylation sites (tertiary alicyclic amines) is 1. The Labute approximate surface area is 194 Å². The number of rotatable bonds is 6. The molecule has 1 N–H and O–H groups in total. The molecule has 1 aromatic carbocycles. The van der Waals surface area contributed by atoms with Crippen LogP contribution in [0.1, 0.15) is 45.5 Å². The maximum atomic E-state index is 12.5. The fraction of sp³-hybridized carbons (Fsp3) is 0.609. The zero-order chi connectivity index (χ0) is 22.8. The molecule has 1 fully saturated rings. The predicted octanol–water partition coefficient (Wildman–Crippen LogP) is 3.29. The zero-order valence-electron chi connectivity index (χ0n) is 19.3. The number of nitrogens with zero attached hydrogens (tertiary/aromatic N) is 4. The first-order chi connectivity index (χ1) is 15.3. The average molecular weight is 460 g/mol. The van der Waals surface area contributed by atoms with Crippen molar-refractivity contribution in [2.75, 3.05) is 19.7 Å². The van der Waals surface area contributed by atoms with Crippen LogP contribution in [-0.4, -0.2) is 50.9 Å². The zero-order valence-corrected chi connectivity index (χ0v) is 20.1. The van der Waals surface area contributed by atoms with E-state index in [0.717, 1.165) is 43.3 Å². The smallest absolute Gasteiger partial charge is 0.223 e. The van der Waals surface area contributed by atoms with Crippen molar-refractivity contribution in [2.24, 2.45) is 18.9 Å². The summed E-state index contributed by atoms with van der Waals surface area (Å²) in [4.78, 5) is 14.9. The van der Waals surface area contributed by atoms with Gasteiger partial charge in [-0.2, -0.15) is 5.10 Å². The summed E-state index contributed by atoms with van der Waals surface area (Å²) in [5, 5.41) is 7.92. The molecule has 32 heavy (non-hydrogen) atoms. The van der Waals surface area contributed by atoms with E-state index in [9.17, 15) is 4.79 Å². The Bertz CT molecular complexity index is 1010. The molecule has 2 aliphatic rings. The van der Waals surface area contributed by atoms with E-state index in [-0.39, 0.29) is 24.0 Å². The normalized spacial score (nSPS) is 20.3. The van der Waals surface area contributed by atoms with Gasteiger partial charge in [0.1, 0.15) is 6.61 Å². The van der Waals surface area contributed by atoms with Crippen molar-refractivity contribution in [2.45, 2.75) is 52.4 Å². The van der Waals surface area contributed by atoms with Crippen LogP contribution in [0.5, 0.6) is 11.5 Å². The summed E-state index contributed by atoms with van der Waals surface area (Å²) in [6.07, 6.45) is 1.38. The van der Waals surface area contributed by atoms with Gasteiger partial charge in [0.25, 0.3) is 0 Å². The Morgan fingerprint density at radius 1 is 1.22 bits per heavy atom. The van der Waals surface area contributed by atoms with Crippen LogP contribution in [0.25, 0.3) is 0 Å². The number of ether oxygens (including phenoxy) is 2. The summed E-state index contributed by atoms with van der Waals surface area (Å²) in [5.74, 6) is 2.91. The highest BCUT2D eigenvalue weighted by Crippen LogP contribution is 2.35. The van der Waals surface area contributed by atoms with Gasteiger partial charge in [-0.25, -0.2) is 4.68 Å². The van der Waals surface area contributed by atoms with Crippen LogP contribution in [-0.2, 0) is 18.5 Å². The minimum absolute atomic E-state index is 0.0765. The van der Waals surface area contributed by atoms with E-state index in [1.54, 1.807) is 0 Å². The Morgan fingerprint density at radius 2 is 1.91 bits per heavy atom. The van der Waals surface area contributed by atoms with Crippen molar-refractivity contribution >= 4 is 18.1 Å². The first kappa shape index (κ1) is 22.8. The van der Waals surface area contributed by atoms with Gasteiger partial charge in [0.15, 0.2) is 28.2 Å². The molecule has 0 bridgehead atoms. The lowest BCUT2D eigenvalue weighted by Gasteiger charge is -2.32. The van der Waals surface area contributed by atoms with Crippen LogP contribution in [0.3, 0.4) is 0 Å². The lowest BCUT2D eigenvalue weighted by atomic mass is 9.95. The lowest BCUT2D eigenvalue weighted by molar-refractivity contribution is -0.127. The number of piperidine rings is 1. The average Bonchev–Trinajstić information content (AvgIpc) is 3.07. The third-order valence-electron chi connectivity index (χ3n) is 6.53. The van der Waals surface area contributed by atoms with Crippen LogP contribution < -0.4 is 14.8 Å². The summed E-state index contributed by atoms with van der Waals surface area (Å²) in [6.45, 7) is 9.01. The van der Waals surface area contributed by atoms with Gasteiger partial charge >= 0.3 is 0 Å². The molecule has 0 aliphatic carbocycles. The van der Waals surface area contributed by atoms with Gasteiger partial charge in [-0.05, 0) is 50.0 Å². The van der Waals surface area contributed by atoms with Crippen LogP contribution in [0, 0.1) is 16.6 Å². The molecule has 0 radical (unpaired) electrons. The highest BCUT2D eigenvalue weighted by molar-refractivity contribution is 7.71. The summed E-state index contributed by atoms with van der Waals surface area (Å²) in [6, 6.07) is 7.85. The predicted molar refractivity (Wildman–Crippen MR) is 124 cm³/mol. The molecular weight excluding hydrogens is 426 g/mol. The van der Waals surface area contributed by atoms with Gasteiger partial charge < -0.3 is 19.4 Å². The standard InChI is InChI=1S/C23H33N5O3S/c1-15(2)16(3)24-22(29)17-9-11-27(12-10-17)14-28-23(32)26(4)21(25-28)20-13-30-18-7-5-6-8-19(18)31-20/h5-8,15-17,20H,9-14H2,1-4H3,(H,24,29). The second kappa shape index (κ2) is 9.62. The number of para-hydroxylation sites is 2. The molecule has 0 spiro atoms. The third kappa shape index (κ3) is 4.83. The molecule has 2 atom stereocenters. The van der Waals surface area contributed by atoms with Crippen molar-refractivity contribution in [3.8, 4) is 11.5 Å². The molecule has 2 aromatic rings. The maximum Gasteiger partial charge on any atom is 0.223 e. The number of carbonyl (C=O) groups excluding carboxylic acids is 1. The Balaban J connectivity index is 1.36. The fourth-order valence-electron chi connectivity index (χ4n) is 4.06. The first-order valence-corrected chi connectivity index (χ1v) is 11.8. The van der Waals surface area contributed by atoms with E-state index < -0.39 is 0 Å². The molecular formula is C23H33N5O3S. The lowest BCUT2D eigenvalue weighted by Crippen LogP contribution is -2.44.